The molecule has 1 atom stereocenters. The monoisotopic (exact) mass is 198 g/mol. The number of benzene rings is 1. The zero-order valence-corrected chi connectivity index (χ0v) is 8.44. The number of aliphatic hydroxyl groups is 1. The Bertz CT molecular complexity index is 320. The molecule has 0 fully saturated rings. The van der Waals surface area contributed by atoms with Crippen LogP contribution in [0.15, 0.2) is 12.1 Å². The summed E-state index contributed by atoms with van der Waals surface area (Å²) in [5, 5.41) is 18.8. The third-order valence-electron chi connectivity index (χ3n) is 1.94. The van der Waals surface area contributed by atoms with E-state index in [0.29, 0.717) is 17.1 Å². The molecule has 0 amide bonds. The van der Waals surface area contributed by atoms with Crippen molar-refractivity contribution in [1.29, 1.82) is 0 Å². The van der Waals surface area contributed by atoms with Gasteiger partial charge in [0.1, 0.15) is 5.75 Å². The number of rotatable bonds is 3. The lowest BCUT2D eigenvalue weighted by atomic mass is 10.1. The molecule has 1 unspecified atom stereocenters. The van der Waals surface area contributed by atoms with Crippen LogP contribution < -0.4 is 9.47 Å². The summed E-state index contributed by atoms with van der Waals surface area (Å²) in [5.74, 6) is 0.891. The Labute approximate surface area is 82.7 Å². The fraction of sp³-hybridized carbons (Fsp3) is 0.400. The van der Waals surface area contributed by atoms with E-state index in [4.69, 9.17) is 9.47 Å². The second-order valence-electron chi connectivity index (χ2n) is 2.95. The van der Waals surface area contributed by atoms with E-state index < -0.39 is 6.10 Å². The maximum atomic E-state index is 9.43. The molecule has 0 radical (unpaired) electrons. The molecule has 1 rings (SSSR count). The molecule has 1 aromatic rings. The predicted octanol–water partition coefficient (Wildman–Crippen LogP) is 1.46. The number of ether oxygens (including phenoxy) is 2. The van der Waals surface area contributed by atoms with Crippen LogP contribution in [0.4, 0.5) is 0 Å². The van der Waals surface area contributed by atoms with Gasteiger partial charge < -0.3 is 19.7 Å². The molecule has 4 nitrogen and oxygen atoms in total. The van der Waals surface area contributed by atoms with E-state index in [1.54, 1.807) is 6.92 Å². The van der Waals surface area contributed by atoms with Crippen LogP contribution in [-0.2, 0) is 0 Å². The molecule has 0 aliphatic heterocycles. The first kappa shape index (κ1) is 10.7. The SMILES string of the molecule is COc1cc(O)cc(C(C)O)c1OC. The summed E-state index contributed by atoms with van der Waals surface area (Å²) in [4.78, 5) is 0. The lowest BCUT2D eigenvalue weighted by Gasteiger charge is -2.14. The molecule has 0 aliphatic carbocycles. The van der Waals surface area contributed by atoms with Crippen molar-refractivity contribution in [3.05, 3.63) is 17.7 Å². The van der Waals surface area contributed by atoms with E-state index in [1.807, 2.05) is 0 Å². The minimum atomic E-state index is -0.717. The Morgan fingerprint density at radius 3 is 2.29 bits per heavy atom. The van der Waals surface area contributed by atoms with Crippen molar-refractivity contribution in [2.75, 3.05) is 14.2 Å². The lowest BCUT2D eigenvalue weighted by Crippen LogP contribution is -1.99. The largest absolute Gasteiger partial charge is 0.508 e. The molecule has 0 bridgehead atoms. The zero-order chi connectivity index (χ0) is 10.7. The van der Waals surface area contributed by atoms with Gasteiger partial charge in [-0.1, -0.05) is 0 Å². The van der Waals surface area contributed by atoms with E-state index in [0.717, 1.165) is 0 Å². The number of aliphatic hydroxyl groups excluding tert-OH is 1. The number of aromatic hydroxyl groups is 1. The van der Waals surface area contributed by atoms with Gasteiger partial charge in [0.2, 0.25) is 0 Å². The number of hydrogen-bond donors (Lipinski definition) is 2. The van der Waals surface area contributed by atoms with Crippen molar-refractivity contribution in [3.63, 3.8) is 0 Å². The summed E-state index contributed by atoms with van der Waals surface area (Å²) in [6.45, 7) is 1.59. The Balaban J connectivity index is 3.31. The molecule has 2 N–H and O–H groups in total. The van der Waals surface area contributed by atoms with Crippen LogP contribution >= 0.6 is 0 Å². The molecular formula is C10H14O4. The standard InChI is InChI=1S/C10H14O4/c1-6(11)8-4-7(12)5-9(13-2)10(8)14-3/h4-6,11-12H,1-3H3. The van der Waals surface area contributed by atoms with Gasteiger partial charge in [0.15, 0.2) is 11.5 Å². The number of methoxy groups -OCH3 is 2. The average Bonchev–Trinajstić information content (AvgIpc) is 2.16. The minimum absolute atomic E-state index is 0.0403. The molecule has 0 saturated carbocycles. The Morgan fingerprint density at radius 1 is 1.21 bits per heavy atom. The average molecular weight is 198 g/mol. The van der Waals surface area contributed by atoms with Gasteiger partial charge in [-0.2, -0.15) is 0 Å². The fourth-order valence-electron chi connectivity index (χ4n) is 1.29. The summed E-state index contributed by atoms with van der Waals surface area (Å²) in [6, 6.07) is 2.89. The molecule has 1 aromatic carbocycles. The van der Waals surface area contributed by atoms with Crippen molar-refractivity contribution < 1.29 is 19.7 Å². The molecule has 0 spiro atoms. The molecule has 0 aliphatic rings. The quantitative estimate of drug-likeness (QED) is 0.772. The van der Waals surface area contributed by atoms with Crippen LogP contribution in [0.3, 0.4) is 0 Å². The fourth-order valence-corrected chi connectivity index (χ4v) is 1.29. The summed E-state index contributed by atoms with van der Waals surface area (Å²) >= 11 is 0. The molecule has 14 heavy (non-hydrogen) atoms. The lowest BCUT2D eigenvalue weighted by molar-refractivity contribution is 0.192. The summed E-state index contributed by atoms with van der Waals surface area (Å²) in [5.41, 5.74) is 0.504. The second-order valence-corrected chi connectivity index (χ2v) is 2.95. The van der Waals surface area contributed by atoms with E-state index in [9.17, 15) is 10.2 Å². The Hall–Kier alpha value is -1.42. The van der Waals surface area contributed by atoms with Crippen LogP contribution in [0.25, 0.3) is 0 Å². The Morgan fingerprint density at radius 2 is 1.86 bits per heavy atom. The third-order valence-corrected chi connectivity index (χ3v) is 1.94. The molecule has 0 saturated heterocycles. The molecule has 78 valence electrons. The summed E-state index contributed by atoms with van der Waals surface area (Å²) < 4.78 is 10.1. The maximum absolute atomic E-state index is 9.43. The highest BCUT2D eigenvalue weighted by Crippen LogP contribution is 2.38. The third kappa shape index (κ3) is 1.90. The van der Waals surface area contributed by atoms with Crippen molar-refractivity contribution in [3.8, 4) is 17.2 Å². The van der Waals surface area contributed by atoms with E-state index in [2.05, 4.69) is 0 Å². The minimum Gasteiger partial charge on any atom is -0.508 e. The van der Waals surface area contributed by atoms with Gasteiger partial charge in [-0.3, -0.25) is 0 Å². The molecule has 4 heteroatoms. The van der Waals surface area contributed by atoms with Crippen LogP contribution in [0.5, 0.6) is 17.2 Å². The second kappa shape index (κ2) is 4.19. The first-order valence-corrected chi connectivity index (χ1v) is 4.23. The van der Waals surface area contributed by atoms with Gasteiger partial charge in [0.05, 0.1) is 20.3 Å². The van der Waals surface area contributed by atoms with Gasteiger partial charge in [-0.25, -0.2) is 0 Å². The number of phenols is 1. The van der Waals surface area contributed by atoms with Crippen molar-refractivity contribution in [1.82, 2.24) is 0 Å². The normalized spacial score (nSPS) is 12.3. The van der Waals surface area contributed by atoms with Crippen LogP contribution in [-0.4, -0.2) is 24.4 Å². The first-order valence-electron chi connectivity index (χ1n) is 4.23. The number of phenolic OH excluding ortho intramolecular Hbond substituents is 1. The smallest absolute Gasteiger partial charge is 0.166 e. The number of hydrogen-bond acceptors (Lipinski definition) is 4. The highest BCUT2D eigenvalue weighted by molar-refractivity contribution is 5.52. The molecular weight excluding hydrogens is 184 g/mol. The van der Waals surface area contributed by atoms with Gasteiger partial charge in [-0.15, -0.1) is 0 Å². The van der Waals surface area contributed by atoms with Crippen molar-refractivity contribution in [2.24, 2.45) is 0 Å². The Kier molecular flexibility index (Phi) is 3.19. The van der Waals surface area contributed by atoms with E-state index >= 15 is 0 Å². The van der Waals surface area contributed by atoms with E-state index in [-0.39, 0.29) is 5.75 Å². The van der Waals surface area contributed by atoms with E-state index in [1.165, 1.54) is 26.4 Å². The van der Waals surface area contributed by atoms with Crippen LogP contribution in [0.1, 0.15) is 18.6 Å². The summed E-state index contributed by atoms with van der Waals surface area (Å²) in [6.07, 6.45) is -0.717. The highest BCUT2D eigenvalue weighted by atomic mass is 16.5. The van der Waals surface area contributed by atoms with Crippen LogP contribution in [0.2, 0.25) is 0 Å². The summed E-state index contributed by atoms with van der Waals surface area (Å²) in [7, 11) is 2.96. The highest BCUT2D eigenvalue weighted by Gasteiger charge is 2.15. The van der Waals surface area contributed by atoms with Crippen molar-refractivity contribution >= 4 is 0 Å². The van der Waals surface area contributed by atoms with Gasteiger partial charge in [0, 0.05) is 11.6 Å². The topological polar surface area (TPSA) is 58.9 Å². The van der Waals surface area contributed by atoms with Crippen molar-refractivity contribution in [2.45, 2.75) is 13.0 Å². The van der Waals surface area contributed by atoms with Gasteiger partial charge in [0.25, 0.3) is 0 Å². The first-order chi connectivity index (χ1) is 6.60. The van der Waals surface area contributed by atoms with Gasteiger partial charge >= 0.3 is 0 Å². The maximum Gasteiger partial charge on any atom is 0.166 e. The predicted molar refractivity (Wildman–Crippen MR) is 51.8 cm³/mol. The van der Waals surface area contributed by atoms with Gasteiger partial charge in [-0.05, 0) is 13.0 Å². The molecule has 0 heterocycles. The van der Waals surface area contributed by atoms with Crippen LogP contribution in [0, 0.1) is 0 Å². The zero-order valence-electron chi connectivity index (χ0n) is 8.44. The molecule has 0 aromatic heterocycles.